The van der Waals surface area contributed by atoms with Gasteiger partial charge in [-0.2, -0.15) is 0 Å². The molecular weight excluding hydrogens is 587 g/mol. The van der Waals surface area contributed by atoms with E-state index in [9.17, 15) is 0 Å². The first kappa shape index (κ1) is 28.5. The highest BCUT2D eigenvalue weighted by Crippen LogP contribution is 2.43. The van der Waals surface area contributed by atoms with Crippen LogP contribution in [0.2, 0.25) is 0 Å². The third-order valence-corrected chi connectivity index (χ3v) is 9.71. The van der Waals surface area contributed by atoms with Gasteiger partial charge >= 0.3 is 0 Å². The molecule has 3 aromatic heterocycles. The second kappa shape index (κ2) is 10.9. The molecule has 0 fully saturated rings. The maximum absolute atomic E-state index is 6.93. The van der Waals surface area contributed by atoms with Crippen LogP contribution in [0.15, 0.2) is 132 Å². The van der Waals surface area contributed by atoms with Gasteiger partial charge in [0.2, 0.25) is 0 Å². The minimum atomic E-state index is 0.283. The molecule has 0 spiro atoms. The van der Waals surface area contributed by atoms with Crippen LogP contribution < -0.4 is 0 Å². The molecule has 0 aliphatic heterocycles. The molecule has 4 nitrogen and oxygen atoms in total. The van der Waals surface area contributed by atoms with E-state index >= 15 is 0 Å². The van der Waals surface area contributed by atoms with E-state index in [1.165, 1.54) is 27.9 Å². The second-order valence-corrected chi connectivity index (χ2v) is 13.4. The normalized spacial score (nSPS) is 12.1. The lowest BCUT2D eigenvalue weighted by atomic mass is 9.88. The molecule has 4 heteroatoms. The number of para-hydroxylation sites is 4. The largest absolute Gasteiger partial charge is 0.455 e. The number of furan rings is 1. The van der Waals surface area contributed by atoms with Gasteiger partial charge in [0.15, 0.2) is 0 Å². The molecule has 9 aromatic rings. The third kappa shape index (κ3) is 4.36. The predicted molar refractivity (Wildman–Crippen MR) is 200 cm³/mol. The van der Waals surface area contributed by atoms with Crippen molar-refractivity contribution >= 4 is 54.8 Å². The minimum absolute atomic E-state index is 0.283. The summed E-state index contributed by atoms with van der Waals surface area (Å²) < 4.78 is 9.32. The van der Waals surface area contributed by atoms with Gasteiger partial charge in [0.1, 0.15) is 17.0 Å². The third-order valence-electron chi connectivity index (χ3n) is 9.71. The molecule has 3 heterocycles. The fourth-order valence-corrected chi connectivity index (χ4v) is 7.33. The molecule has 6 aromatic carbocycles. The number of nitrogens with zero attached hydrogens (tertiary/aromatic N) is 3. The topological polar surface area (TPSA) is 43.9 Å². The number of rotatable bonds is 5. The molecule has 0 amide bonds. The fourth-order valence-electron chi connectivity index (χ4n) is 7.33. The van der Waals surface area contributed by atoms with Crippen molar-refractivity contribution < 1.29 is 4.42 Å². The van der Waals surface area contributed by atoms with E-state index in [4.69, 9.17) is 14.4 Å². The molecular formula is C44H35N3O. The van der Waals surface area contributed by atoms with Crippen LogP contribution in [0.3, 0.4) is 0 Å². The Morgan fingerprint density at radius 1 is 0.521 bits per heavy atom. The molecule has 48 heavy (non-hydrogen) atoms. The maximum atomic E-state index is 6.93. The molecule has 0 saturated carbocycles. The van der Waals surface area contributed by atoms with Crippen LogP contribution in [0.5, 0.6) is 0 Å². The van der Waals surface area contributed by atoms with Crippen molar-refractivity contribution in [3.63, 3.8) is 0 Å². The Bertz CT molecular complexity index is 2650. The highest BCUT2D eigenvalue weighted by Gasteiger charge is 2.25. The monoisotopic (exact) mass is 621 g/mol. The number of aromatic nitrogens is 3. The maximum Gasteiger partial charge on any atom is 0.149 e. The molecule has 0 saturated heterocycles. The zero-order valence-corrected chi connectivity index (χ0v) is 27.5. The zero-order chi connectivity index (χ0) is 32.5. The Labute approximate surface area is 279 Å². The van der Waals surface area contributed by atoms with Crippen molar-refractivity contribution in [3.05, 3.63) is 139 Å². The summed E-state index contributed by atoms with van der Waals surface area (Å²) >= 11 is 0. The molecule has 232 valence electrons. The van der Waals surface area contributed by atoms with Crippen molar-refractivity contribution in [2.24, 2.45) is 0 Å². The molecule has 0 radical (unpaired) electrons. The SMILES string of the molecule is CC(C)c1cc(-c2ccccc2)cc(C(C)C)c1-n1c(-c2cccc3c2oc2c4cc5ccccc5nc4ccc32)nc2ccccc21. The first-order valence-electron chi connectivity index (χ1n) is 16.8. The second-order valence-electron chi connectivity index (χ2n) is 13.4. The van der Waals surface area contributed by atoms with Crippen LogP contribution in [0.4, 0.5) is 0 Å². The summed E-state index contributed by atoms with van der Waals surface area (Å²) in [5, 5.41) is 4.27. The van der Waals surface area contributed by atoms with E-state index in [0.29, 0.717) is 0 Å². The fraction of sp³-hybridized carbons (Fsp3) is 0.136. The summed E-state index contributed by atoms with van der Waals surface area (Å²) in [7, 11) is 0. The Kier molecular flexibility index (Phi) is 6.48. The Morgan fingerprint density at radius 3 is 1.98 bits per heavy atom. The predicted octanol–water partition coefficient (Wildman–Crippen LogP) is 12.2. The first-order valence-corrected chi connectivity index (χ1v) is 16.8. The van der Waals surface area contributed by atoms with Gasteiger partial charge in [-0.1, -0.05) is 100 Å². The standard InChI is InChI=1S/C44H35N3O/c1-26(2)34-24-30(28-13-6-5-7-14-28)25-35(27(3)4)41(34)47-40-20-11-10-19-39(40)46-44(47)33-17-12-16-31-32-21-22-38-36(43(32)48-42(31)33)23-29-15-8-9-18-37(29)45-38/h5-27H,1-4H3. The van der Waals surface area contributed by atoms with Gasteiger partial charge in [0.25, 0.3) is 0 Å². The van der Waals surface area contributed by atoms with Gasteiger partial charge in [-0.25, -0.2) is 9.97 Å². The van der Waals surface area contributed by atoms with E-state index in [1.807, 2.05) is 6.07 Å². The summed E-state index contributed by atoms with van der Waals surface area (Å²) in [5.74, 6) is 1.45. The highest BCUT2D eigenvalue weighted by atomic mass is 16.3. The van der Waals surface area contributed by atoms with Crippen molar-refractivity contribution in [2.45, 2.75) is 39.5 Å². The number of benzene rings is 6. The van der Waals surface area contributed by atoms with Crippen molar-refractivity contribution in [2.75, 3.05) is 0 Å². The van der Waals surface area contributed by atoms with Gasteiger partial charge in [-0.05, 0) is 88.7 Å². The average molecular weight is 622 g/mol. The summed E-state index contributed by atoms with van der Waals surface area (Å²) in [4.78, 5) is 10.3. The highest BCUT2D eigenvalue weighted by molar-refractivity contribution is 6.17. The van der Waals surface area contributed by atoms with Crippen molar-refractivity contribution in [1.82, 2.24) is 14.5 Å². The van der Waals surface area contributed by atoms with Crippen molar-refractivity contribution in [1.29, 1.82) is 0 Å². The van der Waals surface area contributed by atoms with Crippen LogP contribution >= 0.6 is 0 Å². The van der Waals surface area contributed by atoms with E-state index < -0.39 is 0 Å². The summed E-state index contributed by atoms with van der Waals surface area (Å²) in [5.41, 5.74) is 12.9. The van der Waals surface area contributed by atoms with Gasteiger partial charge in [0.05, 0.1) is 33.3 Å². The molecule has 0 aliphatic carbocycles. The molecule has 0 aliphatic rings. The number of hydrogen-bond donors (Lipinski definition) is 0. The van der Waals surface area contributed by atoms with Crippen LogP contribution in [-0.4, -0.2) is 14.5 Å². The Morgan fingerprint density at radius 2 is 1.21 bits per heavy atom. The summed E-state index contributed by atoms with van der Waals surface area (Å²) in [6, 6.07) is 45.1. The lowest BCUT2D eigenvalue weighted by Gasteiger charge is -2.24. The molecule has 0 unspecified atom stereocenters. The average Bonchev–Trinajstić information content (AvgIpc) is 3.69. The molecule has 0 bridgehead atoms. The lowest BCUT2D eigenvalue weighted by molar-refractivity contribution is 0.673. The number of fused-ring (bicyclic) bond motifs is 7. The van der Waals surface area contributed by atoms with Crippen LogP contribution in [0.1, 0.15) is 50.7 Å². The summed E-state index contributed by atoms with van der Waals surface area (Å²) in [6.07, 6.45) is 0. The van der Waals surface area contributed by atoms with Gasteiger partial charge < -0.3 is 4.42 Å². The Hall–Kier alpha value is -5.74. The van der Waals surface area contributed by atoms with Crippen molar-refractivity contribution in [3.8, 4) is 28.2 Å². The zero-order valence-electron chi connectivity index (χ0n) is 27.5. The van der Waals surface area contributed by atoms with E-state index in [-0.39, 0.29) is 11.8 Å². The van der Waals surface area contributed by atoms with Crippen LogP contribution in [0.25, 0.3) is 83.0 Å². The first-order chi connectivity index (χ1) is 23.5. The Balaban J connectivity index is 1.36. The van der Waals surface area contributed by atoms with Gasteiger partial charge in [-0.15, -0.1) is 0 Å². The van der Waals surface area contributed by atoms with Crippen LogP contribution in [0, 0.1) is 0 Å². The minimum Gasteiger partial charge on any atom is -0.455 e. The smallest absolute Gasteiger partial charge is 0.149 e. The number of pyridine rings is 1. The molecule has 0 atom stereocenters. The quantitative estimate of drug-likeness (QED) is 0.180. The van der Waals surface area contributed by atoms with E-state index in [2.05, 4.69) is 154 Å². The lowest BCUT2D eigenvalue weighted by Crippen LogP contribution is -2.09. The van der Waals surface area contributed by atoms with Crippen LogP contribution in [-0.2, 0) is 0 Å². The van der Waals surface area contributed by atoms with E-state index in [0.717, 1.165) is 66.2 Å². The van der Waals surface area contributed by atoms with Gasteiger partial charge in [-0.3, -0.25) is 4.57 Å². The number of hydrogen-bond acceptors (Lipinski definition) is 3. The number of imidazole rings is 1. The molecule has 9 rings (SSSR count). The molecule has 0 N–H and O–H groups in total. The summed E-state index contributed by atoms with van der Waals surface area (Å²) in [6.45, 7) is 9.16. The van der Waals surface area contributed by atoms with E-state index in [1.54, 1.807) is 0 Å². The van der Waals surface area contributed by atoms with Gasteiger partial charge in [0, 0.05) is 21.5 Å².